The third-order valence-corrected chi connectivity index (χ3v) is 5.79. The molecule has 1 aromatic rings. The van der Waals surface area contributed by atoms with Crippen LogP contribution in [0.5, 0.6) is 0 Å². The van der Waals surface area contributed by atoms with E-state index in [1.54, 1.807) is 11.3 Å². The second-order valence-electron chi connectivity index (χ2n) is 7.50. The lowest BCUT2D eigenvalue weighted by Gasteiger charge is -2.49. The van der Waals surface area contributed by atoms with Crippen LogP contribution in [0.25, 0.3) is 0 Å². The average Bonchev–Trinajstić information content (AvgIpc) is 2.76. The van der Waals surface area contributed by atoms with Gasteiger partial charge in [-0.3, -0.25) is 0 Å². The molecule has 1 aliphatic rings. The van der Waals surface area contributed by atoms with Crippen molar-refractivity contribution in [2.24, 2.45) is 0 Å². The Bertz CT molecular complexity index is 486. The number of hydrogen-bond donors (Lipinski definition) is 1. The summed E-state index contributed by atoms with van der Waals surface area (Å²) in [6, 6.07) is 0. The SMILES string of the molecule is CN(CC1(N(C)C)CCC1)c1nc(C(C)(C)C)c(CO)s1. The molecule has 0 amide bonds. The third-order valence-electron chi connectivity index (χ3n) is 4.63. The highest BCUT2D eigenvalue weighted by Crippen LogP contribution is 2.39. The Labute approximate surface area is 132 Å². The predicted molar refractivity (Wildman–Crippen MR) is 90.3 cm³/mol. The highest BCUT2D eigenvalue weighted by Gasteiger charge is 2.40. The van der Waals surface area contributed by atoms with E-state index in [9.17, 15) is 5.11 Å². The first kappa shape index (κ1) is 16.7. The molecule has 0 aromatic carbocycles. The predicted octanol–water partition coefficient (Wildman–Crippen LogP) is 2.85. The van der Waals surface area contributed by atoms with Gasteiger partial charge < -0.3 is 14.9 Å². The van der Waals surface area contributed by atoms with Crippen molar-refractivity contribution in [2.45, 2.75) is 57.6 Å². The standard InChI is InChI=1S/C16H29N3OS/c1-15(2,3)13-12(10-20)21-14(17-13)19(6)11-16(18(4)5)8-7-9-16/h20H,7-11H2,1-6H3. The van der Waals surface area contributed by atoms with E-state index in [1.807, 2.05) is 0 Å². The molecule has 1 saturated carbocycles. The molecule has 0 saturated heterocycles. The first-order valence-corrected chi connectivity index (χ1v) is 8.51. The van der Waals surface area contributed by atoms with Crippen LogP contribution >= 0.6 is 11.3 Å². The molecular formula is C16H29N3OS. The Morgan fingerprint density at radius 3 is 2.19 bits per heavy atom. The summed E-state index contributed by atoms with van der Waals surface area (Å²) in [5.41, 5.74) is 1.30. The molecule has 4 nitrogen and oxygen atoms in total. The van der Waals surface area contributed by atoms with Crippen LogP contribution in [0.15, 0.2) is 0 Å². The van der Waals surface area contributed by atoms with Crippen LogP contribution in [0.2, 0.25) is 0 Å². The zero-order valence-corrected chi connectivity index (χ0v) is 15.0. The van der Waals surface area contributed by atoms with E-state index < -0.39 is 0 Å². The van der Waals surface area contributed by atoms with Gasteiger partial charge in [0.2, 0.25) is 0 Å². The lowest BCUT2D eigenvalue weighted by atomic mass is 9.75. The summed E-state index contributed by atoms with van der Waals surface area (Å²) in [5, 5.41) is 10.6. The minimum atomic E-state index is -0.0244. The van der Waals surface area contributed by atoms with Gasteiger partial charge in [-0.05, 0) is 33.4 Å². The molecule has 0 radical (unpaired) electrons. The van der Waals surface area contributed by atoms with Crippen LogP contribution in [0.1, 0.15) is 50.6 Å². The summed E-state index contributed by atoms with van der Waals surface area (Å²) in [6.45, 7) is 7.54. The van der Waals surface area contributed by atoms with Gasteiger partial charge in [-0.15, -0.1) is 0 Å². The zero-order valence-electron chi connectivity index (χ0n) is 14.2. The van der Waals surface area contributed by atoms with E-state index in [1.165, 1.54) is 19.3 Å². The van der Waals surface area contributed by atoms with Crippen molar-refractivity contribution in [3.05, 3.63) is 10.6 Å². The van der Waals surface area contributed by atoms with Gasteiger partial charge in [0, 0.05) is 24.5 Å². The van der Waals surface area contributed by atoms with Crippen LogP contribution in [0.4, 0.5) is 5.13 Å². The Balaban J connectivity index is 2.20. The summed E-state index contributed by atoms with van der Waals surface area (Å²) >= 11 is 1.63. The topological polar surface area (TPSA) is 39.6 Å². The Morgan fingerprint density at radius 1 is 1.24 bits per heavy atom. The first-order chi connectivity index (χ1) is 9.69. The fourth-order valence-electron chi connectivity index (χ4n) is 3.04. The monoisotopic (exact) mass is 311 g/mol. The van der Waals surface area contributed by atoms with Gasteiger partial charge in [0.15, 0.2) is 5.13 Å². The van der Waals surface area contributed by atoms with E-state index in [4.69, 9.17) is 4.98 Å². The summed E-state index contributed by atoms with van der Waals surface area (Å²) in [6.07, 6.45) is 3.84. The molecular weight excluding hydrogens is 282 g/mol. The molecule has 21 heavy (non-hydrogen) atoms. The number of thiazole rings is 1. The molecule has 1 N–H and O–H groups in total. The van der Waals surface area contributed by atoms with Gasteiger partial charge in [-0.1, -0.05) is 32.1 Å². The Hall–Kier alpha value is -0.650. The molecule has 0 bridgehead atoms. The highest BCUT2D eigenvalue weighted by atomic mass is 32.1. The van der Waals surface area contributed by atoms with E-state index in [0.29, 0.717) is 5.54 Å². The van der Waals surface area contributed by atoms with Gasteiger partial charge in [0.1, 0.15) is 0 Å². The van der Waals surface area contributed by atoms with E-state index >= 15 is 0 Å². The molecule has 5 heteroatoms. The van der Waals surface area contributed by atoms with Gasteiger partial charge in [-0.25, -0.2) is 4.98 Å². The summed E-state index contributed by atoms with van der Waals surface area (Å²) < 4.78 is 0. The zero-order chi connectivity index (χ0) is 15.8. The summed E-state index contributed by atoms with van der Waals surface area (Å²) in [4.78, 5) is 10.4. The Morgan fingerprint density at radius 2 is 1.86 bits per heavy atom. The molecule has 0 spiro atoms. The van der Waals surface area contributed by atoms with Crippen molar-refractivity contribution in [3.63, 3.8) is 0 Å². The van der Waals surface area contributed by atoms with Crippen molar-refractivity contribution in [1.82, 2.24) is 9.88 Å². The maximum atomic E-state index is 9.60. The number of hydrogen-bond acceptors (Lipinski definition) is 5. The van der Waals surface area contributed by atoms with Crippen molar-refractivity contribution in [1.29, 1.82) is 0 Å². The quantitative estimate of drug-likeness (QED) is 0.907. The van der Waals surface area contributed by atoms with Gasteiger partial charge in [0.05, 0.1) is 17.2 Å². The average molecular weight is 311 g/mol. The molecule has 2 rings (SSSR count). The maximum Gasteiger partial charge on any atom is 0.185 e. The van der Waals surface area contributed by atoms with Crippen molar-refractivity contribution in [3.8, 4) is 0 Å². The Kier molecular flexibility index (Phi) is 4.66. The number of aliphatic hydroxyl groups excluding tert-OH is 1. The van der Waals surface area contributed by atoms with Crippen molar-refractivity contribution in [2.75, 3.05) is 32.6 Å². The molecule has 0 unspecified atom stereocenters. The minimum absolute atomic E-state index is 0.0244. The second-order valence-corrected chi connectivity index (χ2v) is 8.57. The fraction of sp³-hybridized carbons (Fsp3) is 0.812. The van der Waals surface area contributed by atoms with Crippen LogP contribution in [0, 0.1) is 0 Å². The lowest BCUT2D eigenvalue weighted by Crippen LogP contribution is -2.56. The molecule has 120 valence electrons. The number of likely N-dealkylation sites (N-methyl/N-ethyl adjacent to an activating group) is 2. The molecule has 1 aliphatic carbocycles. The van der Waals surface area contributed by atoms with E-state index in [2.05, 4.69) is 51.7 Å². The third kappa shape index (κ3) is 3.25. The highest BCUT2D eigenvalue weighted by molar-refractivity contribution is 7.15. The number of anilines is 1. The molecule has 1 aromatic heterocycles. The van der Waals surface area contributed by atoms with Gasteiger partial charge in [-0.2, -0.15) is 0 Å². The van der Waals surface area contributed by atoms with E-state index in [-0.39, 0.29) is 12.0 Å². The van der Waals surface area contributed by atoms with Crippen LogP contribution in [-0.4, -0.2) is 48.2 Å². The number of rotatable bonds is 5. The first-order valence-electron chi connectivity index (χ1n) is 7.69. The minimum Gasteiger partial charge on any atom is -0.391 e. The largest absolute Gasteiger partial charge is 0.391 e. The molecule has 0 aliphatic heterocycles. The van der Waals surface area contributed by atoms with Crippen LogP contribution < -0.4 is 4.90 Å². The smallest absolute Gasteiger partial charge is 0.185 e. The number of aliphatic hydroxyl groups is 1. The molecule has 1 heterocycles. The van der Waals surface area contributed by atoms with Crippen molar-refractivity contribution < 1.29 is 5.11 Å². The van der Waals surface area contributed by atoms with Crippen LogP contribution in [0.3, 0.4) is 0 Å². The fourth-order valence-corrected chi connectivity index (χ4v) is 4.13. The molecule has 1 fully saturated rings. The number of aromatic nitrogens is 1. The number of nitrogens with zero attached hydrogens (tertiary/aromatic N) is 3. The van der Waals surface area contributed by atoms with Gasteiger partial charge >= 0.3 is 0 Å². The van der Waals surface area contributed by atoms with Crippen molar-refractivity contribution >= 4 is 16.5 Å². The normalized spacial score (nSPS) is 17.9. The second kappa shape index (κ2) is 5.86. The summed E-state index contributed by atoms with van der Waals surface area (Å²) in [7, 11) is 6.47. The van der Waals surface area contributed by atoms with Gasteiger partial charge in [0.25, 0.3) is 0 Å². The van der Waals surface area contributed by atoms with Crippen LogP contribution in [-0.2, 0) is 12.0 Å². The lowest BCUT2D eigenvalue weighted by molar-refractivity contribution is 0.0683. The van der Waals surface area contributed by atoms with E-state index in [0.717, 1.165) is 22.2 Å². The molecule has 0 atom stereocenters. The maximum absolute atomic E-state index is 9.60. The summed E-state index contributed by atoms with van der Waals surface area (Å²) in [5.74, 6) is 0.